The van der Waals surface area contributed by atoms with Crippen molar-refractivity contribution in [3.63, 3.8) is 0 Å². The number of nitrogens with two attached hydrogens (primary N) is 1. The van der Waals surface area contributed by atoms with Crippen molar-refractivity contribution in [2.45, 2.75) is 84.0 Å². The Morgan fingerprint density at radius 1 is 0.632 bits per heavy atom. The Balaban J connectivity index is 3.15. The second-order valence-electron chi connectivity index (χ2n) is 5.40. The van der Waals surface area contributed by atoms with Gasteiger partial charge in [0.25, 0.3) is 0 Å². The highest BCUT2D eigenvalue weighted by Gasteiger charge is 1.88. The minimum absolute atomic E-state index is 0.844. The van der Waals surface area contributed by atoms with Crippen molar-refractivity contribution in [3.05, 3.63) is 24.3 Å². The Kier molecular flexibility index (Phi) is 16.9. The molecule has 0 aliphatic rings. The summed E-state index contributed by atoms with van der Waals surface area (Å²) >= 11 is 0. The van der Waals surface area contributed by atoms with Gasteiger partial charge in [-0.1, -0.05) is 76.2 Å². The summed E-state index contributed by atoms with van der Waals surface area (Å²) in [6.07, 6.45) is 24.9. The molecule has 0 aromatic rings. The molecule has 0 amide bonds. The molecule has 0 bridgehead atoms. The van der Waals surface area contributed by atoms with Crippen LogP contribution in [0.1, 0.15) is 84.0 Å². The molecule has 0 spiro atoms. The molecular formula is C18H35N. The van der Waals surface area contributed by atoms with Crippen molar-refractivity contribution < 1.29 is 0 Å². The number of rotatable bonds is 14. The number of hydrogen-bond acceptors (Lipinski definition) is 1. The molecule has 0 unspecified atom stereocenters. The average molecular weight is 265 g/mol. The molecular weight excluding hydrogens is 230 g/mol. The molecule has 0 rings (SSSR count). The maximum atomic E-state index is 5.46. The van der Waals surface area contributed by atoms with Crippen LogP contribution in [0.2, 0.25) is 0 Å². The molecule has 0 atom stereocenters. The van der Waals surface area contributed by atoms with E-state index in [1.165, 1.54) is 77.0 Å². The van der Waals surface area contributed by atoms with E-state index >= 15 is 0 Å². The summed E-state index contributed by atoms with van der Waals surface area (Å²) in [4.78, 5) is 0. The SMILES string of the molecule is CCCCCCCCC=CC=CCCCCCCN. The second kappa shape index (κ2) is 17.4. The predicted molar refractivity (Wildman–Crippen MR) is 88.4 cm³/mol. The lowest BCUT2D eigenvalue weighted by Crippen LogP contribution is -1.97. The third kappa shape index (κ3) is 17.4. The molecule has 0 aromatic carbocycles. The van der Waals surface area contributed by atoms with Crippen LogP contribution in [0.3, 0.4) is 0 Å². The highest BCUT2D eigenvalue weighted by molar-refractivity contribution is 5.02. The van der Waals surface area contributed by atoms with E-state index in [1.54, 1.807) is 0 Å². The van der Waals surface area contributed by atoms with E-state index in [1.807, 2.05) is 0 Å². The van der Waals surface area contributed by atoms with E-state index < -0.39 is 0 Å². The number of hydrogen-bond donors (Lipinski definition) is 1. The van der Waals surface area contributed by atoms with Gasteiger partial charge in [0, 0.05) is 0 Å². The molecule has 19 heavy (non-hydrogen) atoms. The maximum Gasteiger partial charge on any atom is -0.00773 e. The topological polar surface area (TPSA) is 26.0 Å². The first kappa shape index (κ1) is 18.4. The van der Waals surface area contributed by atoms with Crippen LogP contribution in [0, 0.1) is 0 Å². The molecule has 0 aromatic heterocycles. The van der Waals surface area contributed by atoms with E-state index in [2.05, 4.69) is 31.2 Å². The number of unbranched alkanes of at least 4 members (excludes halogenated alkanes) is 10. The first-order valence-corrected chi connectivity index (χ1v) is 8.43. The maximum absolute atomic E-state index is 5.46. The summed E-state index contributed by atoms with van der Waals surface area (Å²) in [5, 5.41) is 0. The first-order chi connectivity index (χ1) is 9.41. The van der Waals surface area contributed by atoms with Crippen molar-refractivity contribution in [1.29, 1.82) is 0 Å². The van der Waals surface area contributed by atoms with Gasteiger partial charge in [-0.05, 0) is 38.6 Å². The lowest BCUT2D eigenvalue weighted by Gasteiger charge is -1.97. The van der Waals surface area contributed by atoms with Gasteiger partial charge in [0.05, 0.1) is 0 Å². The van der Waals surface area contributed by atoms with Gasteiger partial charge >= 0.3 is 0 Å². The molecule has 0 heterocycles. The monoisotopic (exact) mass is 265 g/mol. The van der Waals surface area contributed by atoms with Gasteiger partial charge in [0.1, 0.15) is 0 Å². The first-order valence-electron chi connectivity index (χ1n) is 8.43. The summed E-state index contributed by atoms with van der Waals surface area (Å²) < 4.78 is 0. The van der Waals surface area contributed by atoms with Crippen molar-refractivity contribution in [2.75, 3.05) is 6.54 Å². The van der Waals surface area contributed by atoms with Gasteiger partial charge in [0.15, 0.2) is 0 Å². The Morgan fingerprint density at radius 3 is 1.63 bits per heavy atom. The highest BCUT2D eigenvalue weighted by Crippen LogP contribution is 2.07. The Hall–Kier alpha value is -0.560. The van der Waals surface area contributed by atoms with E-state index in [0.29, 0.717) is 0 Å². The molecule has 0 saturated heterocycles. The van der Waals surface area contributed by atoms with Crippen LogP contribution in [0.5, 0.6) is 0 Å². The van der Waals surface area contributed by atoms with Gasteiger partial charge in [-0.15, -0.1) is 0 Å². The fraction of sp³-hybridized carbons (Fsp3) is 0.778. The smallest absolute Gasteiger partial charge is 0.00773 e. The third-order valence-corrected chi connectivity index (χ3v) is 3.43. The third-order valence-electron chi connectivity index (χ3n) is 3.43. The molecule has 0 aliphatic heterocycles. The number of allylic oxidation sites excluding steroid dienone is 4. The Morgan fingerprint density at radius 2 is 1.11 bits per heavy atom. The van der Waals surface area contributed by atoms with E-state index in [9.17, 15) is 0 Å². The summed E-state index contributed by atoms with van der Waals surface area (Å²) in [5.41, 5.74) is 5.46. The minimum Gasteiger partial charge on any atom is -0.330 e. The summed E-state index contributed by atoms with van der Waals surface area (Å²) in [5.74, 6) is 0. The zero-order valence-corrected chi connectivity index (χ0v) is 13.1. The van der Waals surface area contributed by atoms with Crippen LogP contribution >= 0.6 is 0 Å². The highest BCUT2D eigenvalue weighted by atomic mass is 14.5. The van der Waals surface area contributed by atoms with Gasteiger partial charge in [-0.25, -0.2) is 0 Å². The van der Waals surface area contributed by atoms with Crippen molar-refractivity contribution in [3.8, 4) is 0 Å². The van der Waals surface area contributed by atoms with Crippen LogP contribution < -0.4 is 5.73 Å². The van der Waals surface area contributed by atoms with E-state index in [-0.39, 0.29) is 0 Å². The van der Waals surface area contributed by atoms with E-state index in [4.69, 9.17) is 5.73 Å². The Bertz CT molecular complexity index is 206. The average Bonchev–Trinajstić information content (AvgIpc) is 2.43. The molecule has 0 fully saturated rings. The molecule has 1 nitrogen and oxygen atoms in total. The fourth-order valence-corrected chi connectivity index (χ4v) is 2.15. The molecule has 1 heteroatoms. The quantitative estimate of drug-likeness (QED) is 0.314. The van der Waals surface area contributed by atoms with Gasteiger partial charge < -0.3 is 5.73 Å². The van der Waals surface area contributed by atoms with Crippen LogP contribution in [0.4, 0.5) is 0 Å². The van der Waals surface area contributed by atoms with Crippen molar-refractivity contribution in [1.82, 2.24) is 0 Å². The van der Waals surface area contributed by atoms with Crippen LogP contribution in [-0.4, -0.2) is 6.54 Å². The summed E-state index contributed by atoms with van der Waals surface area (Å²) in [6, 6.07) is 0. The van der Waals surface area contributed by atoms with Crippen LogP contribution in [0.25, 0.3) is 0 Å². The van der Waals surface area contributed by atoms with Crippen molar-refractivity contribution >= 4 is 0 Å². The molecule has 2 N–H and O–H groups in total. The zero-order chi connectivity index (χ0) is 14.0. The largest absolute Gasteiger partial charge is 0.330 e. The summed E-state index contributed by atoms with van der Waals surface area (Å²) in [6.45, 7) is 3.12. The molecule has 0 saturated carbocycles. The second-order valence-corrected chi connectivity index (χ2v) is 5.40. The fourth-order valence-electron chi connectivity index (χ4n) is 2.15. The summed E-state index contributed by atoms with van der Waals surface area (Å²) in [7, 11) is 0. The van der Waals surface area contributed by atoms with Crippen molar-refractivity contribution in [2.24, 2.45) is 5.73 Å². The van der Waals surface area contributed by atoms with Crippen LogP contribution in [0.15, 0.2) is 24.3 Å². The Labute approximate surface area is 121 Å². The molecule has 0 aliphatic carbocycles. The van der Waals surface area contributed by atoms with Gasteiger partial charge in [0.2, 0.25) is 0 Å². The van der Waals surface area contributed by atoms with Gasteiger partial charge in [-0.2, -0.15) is 0 Å². The lowest BCUT2D eigenvalue weighted by molar-refractivity contribution is 0.611. The normalized spacial score (nSPS) is 11.9. The van der Waals surface area contributed by atoms with E-state index in [0.717, 1.165) is 6.54 Å². The van der Waals surface area contributed by atoms with Gasteiger partial charge in [-0.3, -0.25) is 0 Å². The zero-order valence-electron chi connectivity index (χ0n) is 13.1. The standard InChI is InChI=1S/C18H35N/c1-2-3-4-5-6-7-8-9-10-11-12-13-14-15-16-17-18-19/h9-12H,2-8,13-19H2,1H3. The molecule has 0 radical (unpaired) electrons. The minimum atomic E-state index is 0.844. The predicted octanol–water partition coefficient (Wildman–Crippen LogP) is 5.76. The van der Waals surface area contributed by atoms with Crippen LogP contribution in [-0.2, 0) is 0 Å². The molecule has 112 valence electrons. The lowest BCUT2D eigenvalue weighted by atomic mass is 10.1.